The second kappa shape index (κ2) is 9.47. The van der Waals surface area contributed by atoms with Gasteiger partial charge in [-0.25, -0.2) is 8.42 Å². The Labute approximate surface area is 171 Å². The van der Waals surface area contributed by atoms with Gasteiger partial charge in [0.05, 0.1) is 11.4 Å². The van der Waals surface area contributed by atoms with E-state index in [0.29, 0.717) is 30.8 Å². The first kappa shape index (κ1) is 20.7. The second-order valence-corrected chi connectivity index (χ2v) is 10.0. The van der Waals surface area contributed by atoms with Crippen LogP contribution in [0.1, 0.15) is 34.3 Å². The lowest BCUT2D eigenvalue weighted by Crippen LogP contribution is -2.38. The van der Waals surface area contributed by atoms with Crippen molar-refractivity contribution in [3.63, 3.8) is 0 Å². The molecule has 1 amide bonds. The first-order valence-corrected chi connectivity index (χ1v) is 12.2. The van der Waals surface area contributed by atoms with E-state index in [4.69, 9.17) is 0 Å². The van der Waals surface area contributed by atoms with Gasteiger partial charge >= 0.3 is 0 Å². The third kappa shape index (κ3) is 5.29. The van der Waals surface area contributed by atoms with Gasteiger partial charge in [-0.15, -0.1) is 0 Å². The Morgan fingerprint density at radius 3 is 2.68 bits per heavy atom. The minimum Gasteiger partial charge on any atom is -0.351 e. The van der Waals surface area contributed by atoms with Crippen LogP contribution in [0.5, 0.6) is 0 Å². The number of rotatable bonds is 7. The lowest BCUT2D eigenvalue weighted by molar-refractivity contribution is 0.0956. The number of aryl methyl sites for hydroxylation is 1. The summed E-state index contributed by atoms with van der Waals surface area (Å²) < 4.78 is 26.3. The summed E-state index contributed by atoms with van der Waals surface area (Å²) in [6.45, 7) is 2.92. The number of thioether (sulfide) groups is 1. The highest BCUT2D eigenvalue weighted by Gasteiger charge is 2.27. The summed E-state index contributed by atoms with van der Waals surface area (Å²) in [5.41, 5.74) is 3.24. The summed E-state index contributed by atoms with van der Waals surface area (Å²) in [6, 6.07) is 15.5. The first-order valence-electron chi connectivity index (χ1n) is 9.48. The van der Waals surface area contributed by atoms with E-state index in [2.05, 4.69) is 17.4 Å². The van der Waals surface area contributed by atoms with Crippen molar-refractivity contribution in [2.75, 3.05) is 28.9 Å². The fraction of sp³-hybridized carbons (Fsp3) is 0.381. The molecule has 1 heterocycles. The number of hydrogen-bond donors (Lipinski definition) is 1. The molecular weight excluding hydrogens is 392 g/mol. The summed E-state index contributed by atoms with van der Waals surface area (Å²) in [5, 5.41) is 2.93. The minimum absolute atomic E-state index is 0.168. The zero-order valence-corrected chi connectivity index (χ0v) is 17.7. The van der Waals surface area contributed by atoms with Crippen LogP contribution in [-0.4, -0.2) is 38.9 Å². The molecule has 3 rings (SSSR count). The van der Waals surface area contributed by atoms with E-state index in [1.807, 2.05) is 31.2 Å². The Hall–Kier alpha value is -1.99. The molecule has 0 unspecified atom stereocenters. The van der Waals surface area contributed by atoms with Crippen molar-refractivity contribution in [3.05, 3.63) is 65.2 Å². The van der Waals surface area contributed by atoms with Gasteiger partial charge in [0.2, 0.25) is 10.0 Å². The number of carbonyl (C=O) groups excluding carboxylic acids is 1. The molecule has 0 aromatic heterocycles. The van der Waals surface area contributed by atoms with Crippen LogP contribution >= 0.6 is 11.8 Å². The van der Waals surface area contributed by atoms with Crippen molar-refractivity contribution in [3.8, 4) is 0 Å². The van der Waals surface area contributed by atoms with E-state index in [1.165, 1.54) is 9.87 Å². The molecule has 1 aliphatic heterocycles. The number of benzene rings is 2. The highest BCUT2D eigenvalue weighted by molar-refractivity contribution is 7.98. The van der Waals surface area contributed by atoms with Crippen LogP contribution < -0.4 is 9.62 Å². The Morgan fingerprint density at radius 2 is 1.93 bits per heavy atom. The molecule has 150 valence electrons. The minimum atomic E-state index is -3.29. The maximum atomic E-state index is 12.5. The van der Waals surface area contributed by atoms with Gasteiger partial charge in [0.1, 0.15) is 0 Å². The number of anilines is 1. The average molecular weight is 419 g/mol. The topological polar surface area (TPSA) is 66.5 Å². The van der Waals surface area contributed by atoms with Crippen molar-refractivity contribution in [1.82, 2.24) is 5.32 Å². The SMILES string of the molecule is Cc1ccc(C(=O)NCCSCc2ccccc2)cc1N1CCCCS1(=O)=O. The summed E-state index contributed by atoms with van der Waals surface area (Å²) in [5.74, 6) is 1.73. The molecule has 1 saturated heterocycles. The van der Waals surface area contributed by atoms with E-state index in [-0.39, 0.29) is 11.7 Å². The number of sulfonamides is 1. The molecule has 5 nitrogen and oxygen atoms in total. The molecule has 1 fully saturated rings. The van der Waals surface area contributed by atoms with Crippen molar-refractivity contribution in [1.29, 1.82) is 0 Å². The maximum Gasteiger partial charge on any atom is 0.251 e. The van der Waals surface area contributed by atoms with Crippen molar-refractivity contribution < 1.29 is 13.2 Å². The Bertz CT molecular complexity index is 915. The van der Waals surface area contributed by atoms with Gasteiger partial charge in [-0.2, -0.15) is 11.8 Å². The number of hydrogen-bond acceptors (Lipinski definition) is 4. The zero-order chi connectivity index (χ0) is 20.0. The fourth-order valence-electron chi connectivity index (χ4n) is 3.18. The molecular formula is C21H26N2O3S2. The van der Waals surface area contributed by atoms with Gasteiger partial charge in [0, 0.05) is 30.2 Å². The summed E-state index contributed by atoms with van der Waals surface area (Å²) >= 11 is 1.77. The van der Waals surface area contributed by atoms with Gasteiger partial charge in [-0.3, -0.25) is 9.10 Å². The number of carbonyl (C=O) groups is 1. The Kier molecular flexibility index (Phi) is 7.02. The molecule has 0 spiro atoms. The standard InChI is InChI=1S/C21H26N2O3S2/c1-17-9-10-19(15-20(17)23-12-5-6-14-28(23,25)26)21(24)22-11-13-27-16-18-7-3-2-4-8-18/h2-4,7-10,15H,5-6,11-14,16H2,1H3,(H,22,24). The molecule has 7 heteroatoms. The summed E-state index contributed by atoms with van der Waals surface area (Å²) in [7, 11) is -3.29. The molecule has 0 bridgehead atoms. The van der Waals surface area contributed by atoms with Gasteiger partial charge < -0.3 is 5.32 Å². The molecule has 0 radical (unpaired) electrons. The van der Waals surface area contributed by atoms with E-state index < -0.39 is 10.0 Å². The number of nitrogens with one attached hydrogen (secondary N) is 1. The van der Waals surface area contributed by atoms with E-state index >= 15 is 0 Å². The molecule has 2 aromatic rings. The predicted molar refractivity (Wildman–Crippen MR) is 116 cm³/mol. The van der Waals surface area contributed by atoms with E-state index in [9.17, 15) is 13.2 Å². The molecule has 0 saturated carbocycles. The number of nitrogens with zero attached hydrogens (tertiary/aromatic N) is 1. The molecule has 1 aliphatic rings. The quantitative estimate of drug-likeness (QED) is 0.698. The van der Waals surface area contributed by atoms with Crippen LogP contribution in [0.2, 0.25) is 0 Å². The van der Waals surface area contributed by atoms with Crippen LogP contribution in [0.25, 0.3) is 0 Å². The first-order chi connectivity index (χ1) is 13.5. The van der Waals surface area contributed by atoms with Crippen molar-refractivity contribution in [2.45, 2.75) is 25.5 Å². The molecule has 28 heavy (non-hydrogen) atoms. The van der Waals surface area contributed by atoms with Crippen LogP contribution in [-0.2, 0) is 15.8 Å². The summed E-state index contributed by atoms with van der Waals surface area (Å²) in [4.78, 5) is 12.5. The molecule has 2 aromatic carbocycles. The second-order valence-electron chi connectivity index (χ2n) is 6.89. The van der Waals surface area contributed by atoms with Crippen LogP contribution in [0.3, 0.4) is 0 Å². The van der Waals surface area contributed by atoms with E-state index in [1.54, 1.807) is 23.9 Å². The zero-order valence-electron chi connectivity index (χ0n) is 16.1. The van der Waals surface area contributed by atoms with Gasteiger partial charge in [0.15, 0.2) is 0 Å². The van der Waals surface area contributed by atoms with Gasteiger partial charge in [-0.05, 0) is 43.0 Å². The average Bonchev–Trinajstić information content (AvgIpc) is 2.69. The predicted octanol–water partition coefficient (Wildman–Crippen LogP) is 3.59. The lowest BCUT2D eigenvalue weighted by Gasteiger charge is -2.29. The highest BCUT2D eigenvalue weighted by atomic mass is 32.2. The van der Waals surface area contributed by atoms with Crippen molar-refractivity contribution in [2.24, 2.45) is 0 Å². The van der Waals surface area contributed by atoms with Crippen LogP contribution in [0.15, 0.2) is 48.5 Å². The monoisotopic (exact) mass is 418 g/mol. The molecule has 0 aliphatic carbocycles. The number of amides is 1. The van der Waals surface area contributed by atoms with Gasteiger partial charge in [0.25, 0.3) is 5.91 Å². The maximum absolute atomic E-state index is 12.5. The Morgan fingerprint density at radius 1 is 1.14 bits per heavy atom. The molecule has 0 atom stereocenters. The summed E-state index contributed by atoms with van der Waals surface area (Å²) in [6.07, 6.45) is 1.53. The van der Waals surface area contributed by atoms with Crippen LogP contribution in [0, 0.1) is 6.92 Å². The lowest BCUT2D eigenvalue weighted by atomic mass is 10.1. The normalized spacial score (nSPS) is 16.0. The van der Waals surface area contributed by atoms with Gasteiger partial charge in [-0.1, -0.05) is 36.4 Å². The van der Waals surface area contributed by atoms with Crippen molar-refractivity contribution >= 4 is 33.4 Å². The third-order valence-electron chi connectivity index (χ3n) is 4.73. The largest absolute Gasteiger partial charge is 0.351 e. The highest BCUT2D eigenvalue weighted by Crippen LogP contribution is 2.28. The van der Waals surface area contributed by atoms with Crippen LogP contribution in [0.4, 0.5) is 5.69 Å². The fourth-order valence-corrected chi connectivity index (χ4v) is 5.69. The Balaban J connectivity index is 1.56. The smallest absolute Gasteiger partial charge is 0.251 e. The third-order valence-corrected chi connectivity index (χ3v) is 7.62. The van der Waals surface area contributed by atoms with E-state index in [0.717, 1.165) is 23.5 Å². The molecule has 1 N–H and O–H groups in total.